The van der Waals surface area contributed by atoms with Gasteiger partial charge in [-0.25, -0.2) is 4.98 Å². The molecule has 0 unspecified atom stereocenters. The zero-order valence-corrected chi connectivity index (χ0v) is 14.7. The summed E-state index contributed by atoms with van der Waals surface area (Å²) in [6.45, 7) is 1.54. The van der Waals surface area contributed by atoms with Crippen molar-refractivity contribution < 1.29 is 9.47 Å². The van der Waals surface area contributed by atoms with Gasteiger partial charge in [0.15, 0.2) is 11.4 Å². The number of aromatic amines is 1. The summed E-state index contributed by atoms with van der Waals surface area (Å²) in [7, 11) is 0. The summed E-state index contributed by atoms with van der Waals surface area (Å²) in [6.07, 6.45) is 0.822. The van der Waals surface area contributed by atoms with E-state index in [4.69, 9.17) is 14.5 Å². The number of H-pyrrole nitrogens is 1. The van der Waals surface area contributed by atoms with Crippen LogP contribution in [0.25, 0.3) is 22.5 Å². The number of nitrogens with zero attached hydrogens (tertiary/aromatic N) is 1. The van der Waals surface area contributed by atoms with E-state index in [2.05, 4.69) is 29.2 Å². The highest BCUT2D eigenvalue weighted by Gasteiger charge is 2.18. The van der Waals surface area contributed by atoms with Crippen LogP contribution in [-0.4, -0.2) is 35.2 Å². The number of ether oxygens (including phenoxy) is 2. The molecule has 25 heavy (non-hydrogen) atoms. The molecule has 0 aliphatic carbocycles. The van der Waals surface area contributed by atoms with Gasteiger partial charge in [0.2, 0.25) is 0 Å². The van der Waals surface area contributed by atoms with Gasteiger partial charge in [-0.3, -0.25) is 0 Å². The van der Waals surface area contributed by atoms with E-state index in [1.54, 1.807) is 11.8 Å². The summed E-state index contributed by atoms with van der Waals surface area (Å²) in [5.74, 6) is 0.732. The van der Waals surface area contributed by atoms with E-state index in [-0.39, 0.29) is 6.29 Å². The van der Waals surface area contributed by atoms with Gasteiger partial charge in [0.05, 0.1) is 30.4 Å². The highest BCUT2D eigenvalue weighted by atomic mass is 32.2. The van der Waals surface area contributed by atoms with Gasteiger partial charge in [-0.05, 0) is 6.42 Å². The molecule has 1 aromatic heterocycles. The molecule has 1 saturated heterocycles. The summed E-state index contributed by atoms with van der Waals surface area (Å²) in [4.78, 5) is 8.31. The first-order chi connectivity index (χ1) is 12.4. The molecule has 0 saturated carbocycles. The standard InChI is InChI=1S/C20H20N2O2S/c1-3-8-15(9-4-1)18-19(16-10-5-2-6-11-16)22-20(21-18)25-14-17-23-12-7-13-24-17/h1-6,8-11,17H,7,12-14H2,(H,21,22). The highest BCUT2D eigenvalue weighted by Crippen LogP contribution is 2.33. The Labute approximate surface area is 151 Å². The van der Waals surface area contributed by atoms with Gasteiger partial charge >= 0.3 is 0 Å². The Morgan fingerprint density at radius 3 is 2.24 bits per heavy atom. The summed E-state index contributed by atoms with van der Waals surface area (Å²) in [5.41, 5.74) is 4.25. The monoisotopic (exact) mass is 352 g/mol. The minimum absolute atomic E-state index is 0.149. The lowest BCUT2D eigenvalue weighted by Gasteiger charge is -2.22. The Morgan fingerprint density at radius 1 is 0.920 bits per heavy atom. The van der Waals surface area contributed by atoms with Crippen LogP contribution in [0.15, 0.2) is 65.8 Å². The Hall–Kier alpha value is -2.08. The summed E-state index contributed by atoms with van der Waals surface area (Å²) >= 11 is 1.63. The van der Waals surface area contributed by atoms with Crippen LogP contribution in [-0.2, 0) is 9.47 Å². The van der Waals surface area contributed by atoms with E-state index in [9.17, 15) is 0 Å². The summed E-state index contributed by atoms with van der Waals surface area (Å²) in [5, 5.41) is 0.885. The molecule has 0 atom stereocenters. The number of benzene rings is 2. The molecule has 0 amide bonds. The number of hydrogen-bond acceptors (Lipinski definition) is 4. The zero-order chi connectivity index (χ0) is 16.9. The van der Waals surface area contributed by atoms with E-state index in [1.165, 1.54) is 0 Å². The molecule has 1 aliphatic heterocycles. The summed E-state index contributed by atoms with van der Waals surface area (Å²) in [6, 6.07) is 20.6. The lowest BCUT2D eigenvalue weighted by atomic mass is 10.1. The highest BCUT2D eigenvalue weighted by molar-refractivity contribution is 7.99. The third-order valence-corrected chi connectivity index (χ3v) is 4.95. The molecule has 2 aromatic carbocycles. The van der Waals surface area contributed by atoms with Crippen molar-refractivity contribution in [2.75, 3.05) is 19.0 Å². The van der Waals surface area contributed by atoms with E-state index < -0.39 is 0 Å². The minimum atomic E-state index is -0.149. The predicted octanol–water partition coefficient (Wildman–Crippen LogP) is 4.60. The molecule has 1 fully saturated rings. The molecule has 0 bridgehead atoms. The fraction of sp³-hybridized carbons (Fsp3) is 0.250. The smallest absolute Gasteiger partial charge is 0.166 e. The van der Waals surface area contributed by atoms with E-state index >= 15 is 0 Å². The van der Waals surface area contributed by atoms with Crippen molar-refractivity contribution in [1.82, 2.24) is 9.97 Å². The molecule has 0 radical (unpaired) electrons. The van der Waals surface area contributed by atoms with Crippen LogP contribution in [0, 0.1) is 0 Å². The number of thioether (sulfide) groups is 1. The van der Waals surface area contributed by atoms with Gasteiger partial charge in [-0.1, -0.05) is 72.4 Å². The van der Waals surface area contributed by atoms with Crippen LogP contribution in [0.5, 0.6) is 0 Å². The Morgan fingerprint density at radius 2 is 1.56 bits per heavy atom. The van der Waals surface area contributed by atoms with Gasteiger partial charge in [-0.15, -0.1) is 0 Å². The zero-order valence-electron chi connectivity index (χ0n) is 13.9. The maximum atomic E-state index is 5.62. The molecule has 0 spiro atoms. The summed E-state index contributed by atoms with van der Waals surface area (Å²) < 4.78 is 11.2. The molecule has 1 aliphatic rings. The first-order valence-electron chi connectivity index (χ1n) is 8.47. The van der Waals surface area contributed by atoms with Crippen LogP contribution < -0.4 is 0 Å². The molecule has 5 heteroatoms. The Balaban J connectivity index is 1.61. The van der Waals surface area contributed by atoms with E-state index in [0.717, 1.165) is 53.1 Å². The maximum Gasteiger partial charge on any atom is 0.166 e. The SMILES string of the molecule is c1ccc(-c2nc(SCC3OCCCO3)[nH]c2-c2ccccc2)cc1. The molecule has 128 valence electrons. The third kappa shape index (κ3) is 3.95. The van der Waals surface area contributed by atoms with Crippen LogP contribution >= 0.6 is 11.8 Å². The molecule has 1 N–H and O–H groups in total. The van der Waals surface area contributed by atoms with E-state index in [1.807, 2.05) is 36.4 Å². The van der Waals surface area contributed by atoms with Crippen LogP contribution in [0.4, 0.5) is 0 Å². The topological polar surface area (TPSA) is 47.1 Å². The van der Waals surface area contributed by atoms with E-state index in [0.29, 0.717) is 0 Å². The van der Waals surface area contributed by atoms with Crippen molar-refractivity contribution in [3.05, 3.63) is 60.7 Å². The van der Waals surface area contributed by atoms with Crippen molar-refractivity contribution >= 4 is 11.8 Å². The van der Waals surface area contributed by atoms with Crippen LogP contribution in [0.2, 0.25) is 0 Å². The van der Waals surface area contributed by atoms with Crippen LogP contribution in [0.3, 0.4) is 0 Å². The average Bonchev–Trinajstić information content (AvgIpc) is 3.13. The van der Waals surface area contributed by atoms with Gasteiger partial charge in [0, 0.05) is 11.1 Å². The van der Waals surface area contributed by atoms with Crippen LogP contribution in [0.1, 0.15) is 6.42 Å². The van der Waals surface area contributed by atoms with Crippen molar-refractivity contribution in [2.45, 2.75) is 17.9 Å². The molecule has 3 aromatic rings. The van der Waals surface area contributed by atoms with Gasteiger partial charge in [0.25, 0.3) is 0 Å². The molecular formula is C20H20N2O2S. The third-order valence-electron chi connectivity index (χ3n) is 4.04. The molecule has 4 nitrogen and oxygen atoms in total. The Bertz CT molecular complexity index is 742. The quantitative estimate of drug-likeness (QED) is 0.682. The van der Waals surface area contributed by atoms with Crippen molar-refractivity contribution in [3.63, 3.8) is 0 Å². The van der Waals surface area contributed by atoms with Crippen molar-refractivity contribution in [3.8, 4) is 22.5 Å². The molecule has 4 rings (SSSR count). The lowest BCUT2D eigenvalue weighted by molar-refractivity contribution is -0.164. The minimum Gasteiger partial charge on any atom is -0.352 e. The maximum absolute atomic E-state index is 5.62. The predicted molar refractivity (Wildman–Crippen MR) is 100 cm³/mol. The lowest BCUT2D eigenvalue weighted by Crippen LogP contribution is -2.26. The second-order valence-electron chi connectivity index (χ2n) is 5.83. The number of hydrogen-bond donors (Lipinski definition) is 1. The first-order valence-corrected chi connectivity index (χ1v) is 9.45. The molecular weight excluding hydrogens is 332 g/mol. The van der Waals surface area contributed by atoms with Gasteiger partial charge in [-0.2, -0.15) is 0 Å². The fourth-order valence-corrected chi connectivity index (χ4v) is 3.63. The number of aromatic nitrogens is 2. The first kappa shape index (κ1) is 16.4. The van der Waals surface area contributed by atoms with Crippen molar-refractivity contribution in [2.24, 2.45) is 0 Å². The van der Waals surface area contributed by atoms with Gasteiger partial charge < -0.3 is 14.5 Å². The largest absolute Gasteiger partial charge is 0.352 e. The average molecular weight is 352 g/mol. The normalized spacial score (nSPS) is 15.4. The molecule has 2 heterocycles. The number of imidazole rings is 1. The second kappa shape index (κ2) is 7.87. The second-order valence-corrected chi connectivity index (χ2v) is 6.84. The number of nitrogens with one attached hydrogen (secondary N) is 1. The fourth-order valence-electron chi connectivity index (χ4n) is 2.82. The van der Waals surface area contributed by atoms with Gasteiger partial charge in [0.1, 0.15) is 0 Å². The van der Waals surface area contributed by atoms with Crippen molar-refractivity contribution in [1.29, 1.82) is 0 Å². The number of rotatable bonds is 5. The Kier molecular flexibility index (Phi) is 5.16.